The van der Waals surface area contributed by atoms with Gasteiger partial charge in [0.05, 0.1) is 5.02 Å². The number of carbonyl (C=O) groups is 1. The highest BCUT2D eigenvalue weighted by Gasteiger charge is 2.38. The van der Waals surface area contributed by atoms with Crippen molar-refractivity contribution in [2.45, 2.75) is 38.0 Å². The molecule has 1 N–H and O–H groups in total. The van der Waals surface area contributed by atoms with Crippen LogP contribution < -0.4 is 0 Å². The Morgan fingerprint density at radius 3 is 2.93 bits per heavy atom. The SMILES string of the molecule is C[C@@H]1C[C@@H](Cl)[C@H](CCCc2ccc(C(=O)O)s2)[C@H]1/C=C/c1cncc(Cl)c1. The summed E-state index contributed by atoms with van der Waals surface area (Å²) in [4.78, 5) is 16.7. The molecule has 6 heteroatoms. The van der Waals surface area contributed by atoms with Crippen LogP contribution in [0.25, 0.3) is 6.08 Å². The molecule has 1 fully saturated rings. The molecule has 0 saturated heterocycles. The molecule has 0 radical (unpaired) electrons. The standard InChI is InChI=1S/C21H23Cl2NO2S/c1-13-9-19(23)18(4-2-3-16-6-8-20(27-16)21(25)26)17(13)7-5-14-10-15(22)12-24-11-14/h5-8,10-13,17-19H,2-4,9H2,1H3,(H,25,26)/b7-5+/t13-,17+,18-,19-/m1/s1. The maximum absolute atomic E-state index is 11.0. The van der Waals surface area contributed by atoms with E-state index < -0.39 is 5.97 Å². The second-order valence-corrected chi connectivity index (χ2v) is 9.39. The van der Waals surface area contributed by atoms with Crippen LogP contribution in [-0.2, 0) is 6.42 Å². The van der Waals surface area contributed by atoms with Gasteiger partial charge in [-0.3, -0.25) is 4.98 Å². The number of hydrogen-bond donors (Lipinski definition) is 1. The normalized spacial score (nSPS) is 25.3. The van der Waals surface area contributed by atoms with E-state index in [2.05, 4.69) is 24.1 Å². The van der Waals surface area contributed by atoms with Crippen LogP contribution in [0.3, 0.4) is 0 Å². The van der Waals surface area contributed by atoms with Crippen molar-refractivity contribution >= 4 is 46.6 Å². The average Bonchev–Trinajstić information content (AvgIpc) is 3.19. The molecule has 0 bridgehead atoms. The Labute approximate surface area is 174 Å². The van der Waals surface area contributed by atoms with Crippen molar-refractivity contribution in [1.29, 1.82) is 0 Å². The molecule has 1 saturated carbocycles. The Balaban J connectivity index is 1.60. The number of halogens is 2. The number of carboxylic acids is 1. The summed E-state index contributed by atoms with van der Waals surface area (Å²) in [6, 6.07) is 5.52. The van der Waals surface area contributed by atoms with Gasteiger partial charge in [0, 0.05) is 22.6 Å². The van der Waals surface area contributed by atoms with Gasteiger partial charge in [0.1, 0.15) is 4.88 Å². The molecule has 0 unspecified atom stereocenters. The Bertz CT molecular complexity index is 820. The van der Waals surface area contributed by atoms with Gasteiger partial charge in [0.15, 0.2) is 0 Å². The predicted molar refractivity (Wildman–Crippen MR) is 113 cm³/mol. The first-order valence-corrected chi connectivity index (χ1v) is 10.8. The largest absolute Gasteiger partial charge is 0.477 e. The lowest BCUT2D eigenvalue weighted by molar-refractivity contribution is 0.0702. The lowest BCUT2D eigenvalue weighted by Gasteiger charge is -2.21. The Kier molecular flexibility index (Phi) is 6.96. The molecule has 4 atom stereocenters. The fraction of sp³-hybridized carbons (Fsp3) is 0.429. The van der Waals surface area contributed by atoms with E-state index in [4.69, 9.17) is 28.3 Å². The number of thiophene rings is 1. The maximum Gasteiger partial charge on any atom is 0.345 e. The van der Waals surface area contributed by atoms with Crippen LogP contribution in [0, 0.1) is 17.8 Å². The molecule has 0 amide bonds. The molecule has 0 aliphatic heterocycles. The molecule has 1 aliphatic carbocycles. The summed E-state index contributed by atoms with van der Waals surface area (Å²) in [5.41, 5.74) is 1.01. The monoisotopic (exact) mass is 423 g/mol. The van der Waals surface area contributed by atoms with Crippen LogP contribution in [0.4, 0.5) is 0 Å². The number of aromatic carboxylic acids is 1. The average molecular weight is 424 g/mol. The summed E-state index contributed by atoms with van der Waals surface area (Å²) in [6.07, 6.45) is 11.8. The molecule has 0 aromatic carbocycles. The molecule has 144 valence electrons. The van der Waals surface area contributed by atoms with Crippen molar-refractivity contribution in [2.75, 3.05) is 0 Å². The van der Waals surface area contributed by atoms with E-state index >= 15 is 0 Å². The third-order valence-electron chi connectivity index (χ3n) is 5.28. The summed E-state index contributed by atoms with van der Waals surface area (Å²) >= 11 is 14.0. The van der Waals surface area contributed by atoms with Gasteiger partial charge in [-0.05, 0) is 67.2 Å². The minimum absolute atomic E-state index is 0.185. The lowest BCUT2D eigenvalue weighted by atomic mass is 9.86. The highest BCUT2D eigenvalue weighted by Crippen LogP contribution is 2.44. The van der Waals surface area contributed by atoms with E-state index in [0.29, 0.717) is 27.7 Å². The van der Waals surface area contributed by atoms with Crippen molar-refractivity contribution in [3.8, 4) is 0 Å². The minimum Gasteiger partial charge on any atom is -0.477 e. The fourth-order valence-corrected chi connectivity index (χ4v) is 5.58. The van der Waals surface area contributed by atoms with Gasteiger partial charge in [-0.25, -0.2) is 4.79 Å². The van der Waals surface area contributed by atoms with Crippen LogP contribution in [0.15, 0.2) is 36.7 Å². The van der Waals surface area contributed by atoms with Crippen LogP contribution in [0.2, 0.25) is 5.02 Å². The van der Waals surface area contributed by atoms with Crippen LogP contribution in [0.5, 0.6) is 0 Å². The van der Waals surface area contributed by atoms with E-state index in [1.165, 1.54) is 11.3 Å². The lowest BCUT2D eigenvalue weighted by Crippen LogP contribution is -2.15. The molecule has 27 heavy (non-hydrogen) atoms. The molecule has 3 nitrogen and oxygen atoms in total. The Hall–Kier alpha value is -1.36. The molecular formula is C21H23Cl2NO2S. The number of allylic oxidation sites excluding steroid dienone is 1. The summed E-state index contributed by atoms with van der Waals surface area (Å²) in [5.74, 6) is 0.562. The summed E-state index contributed by atoms with van der Waals surface area (Å²) in [5, 5.41) is 9.86. The van der Waals surface area contributed by atoms with Gasteiger partial charge in [0.2, 0.25) is 0 Å². The third-order valence-corrected chi connectivity index (χ3v) is 7.12. The summed E-state index contributed by atoms with van der Waals surface area (Å²) < 4.78 is 0. The first-order valence-electron chi connectivity index (χ1n) is 9.19. The number of aryl methyl sites for hydroxylation is 1. The van der Waals surface area contributed by atoms with Gasteiger partial charge in [-0.2, -0.15) is 0 Å². The zero-order chi connectivity index (χ0) is 19.4. The summed E-state index contributed by atoms with van der Waals surface area (Å²) in [6.45, 7) is 2.26. The van der Waals surface area contributed by atoms with E-state index in [-0.39, 0.29) is 5.38 Å². The molecule has 2 aromatic rings. The predicted octanol–water partition coefficient (Wildman–Crippen LogP) is 6.41. The van der Waals surface area contributed by atoms with Gasteiger partial charge in [-0.15, -0.1) is 22.9 Å². The second kappa shape index (κ2) is 9.22. The first-order chi connectivity index (χ1) is 12.9. The smallest absolute Gasteiger partial charge is 0.345 e. The van der Waals surface area contributed by atoms with Crippen LogP contribution >= 0.6 is 34.5 Å². The van der Waals surface area contributed by atoms with E-state index in [0.717, 1.165) is 36.1 Å². The molecule has 0 spiro atoms. The Morgan fingerprint density at radius 2 is 2.22 bits per heavy atom. The van der Waals surface area contributed by atoms with Gasteiger partial charge >= 0.3 is 5.97 Å². The van der Waals surface area contributed by atoms with Gasteiger partial charge in [0.25, 0.3) is 0 Å². The number of rotatable bonds is 7. The quantitative estimate of drug-likeness (QED) is 0.523. The van der Waals surface area contributed by atoms with Crippen molar-refractivity contribution in [2.24, 2.45) is 17.8 Å². The van der Waals surface area contributed by atoms with Crippen molar-refractivity contribution in [3.05, 3.63) is 57.0 Å². The molecule has 3 rings (SSSR count). The number of aromatic nitrogens is 1. The number of alkyl halides is 1. The summed E-state index contributed by atoms with van der Waals surface area (Å²) in [7, 11) is 0. The number of hydrogen-bond acceptors (Lipinski definition) is 3. The van der Waals surface area contributed by atoms with Gasteiger partial charge < -0.3 is 5.11 Å². The van der Waals surface area contributed by atoms with Crippen molar-refractivity contribution < 1.29 is 9.90 Å². The molecule has 1 aliphatic rings. The molecule has 2 heterocycles. The highest BCUT2D eigenvalue weighted by molar-refractivity contribution is 7.13. The zero-order valence-electron chi connectivity index (χ0n) is 15.1. The minimum atomic E-state index is -0.850. The maximum atomic E-state index is 11.0. The fourth-order valence-electron chi connectivity index (χ4n) is 3.94. The zero-order valence-corrected chi connectivity index (χ0v) is 17.5. The number of nitrogens with zero attached hydrogens (tertiary/aromatic N) is 1. The Morgan fingerprint density at radius 1 is 1.41 bits per heavy atom. The first kappa shape index (κ1) is 20.4. The topological polar surface area (TPSA) is 50.2 Å². The second-order valence-electron chi connectivity index (χ2n) is 7.23. The van der Waals surface area contributed by atoms with Crippen molar-refractivity contribution in [1.82, 2.24) is 4.98 Å². The van der Waals surface area contributed by atoms with E-state index in [9.17, 15) is 4.79 Å². The number of carboxylic acid groups (broad SMARTS) is 1. The number of pyridine rings is 1. The van der Waals surface area contributed by atoms with Gasteiger partial charge in [-0.1, -0.05) is 30.7 Å². The van der Waals surface area contributed by atoms with Crippen LogP contribution in [-0.4, -0.2) is 21.4 Å². The van der Waals surface area contributed by atoms with E-state index in [1.54, 1.807) is 12.3 Å². The van der Waals surface area contributed by atoms with Crippen molar-refractivity contribution in [3.63, 3.8) is 0 Å². The highest BCUT2D eigenvalue weighted by atomic mass is 35.5. The van der Waals surface area contributed by atoms with Crippen LogP contribution in [0.1, 0.15) is 46.3 Å². The van der Waals surface area contributed by atoms with E-state index in [1.807, 2.05) is 18.3 Å². The third kappa shape index (κ3) is 5.34. The molecule has 2 aromatic heterocycles. The molecular weight excluding hydrogens is 401 g/mol.